The van der Waals surface area contributed by atoms with Crippen molar-refractivity contribution in [1.29, 1.82) is 0 Å². The van der Waals surface area contributed by atoms with E-state index in [1.165, 1.54) is 0 Å². The van der Waals surface area contributed by atoms with Gasteiger partial charge < -0.3 is 4.57 Å². The van der Waals surface area contributed by atoms with E-state index in [0.717, 1.165) is 35.0 Å². The molecule has 24 heavy (non-hydrogen) atoms. The summed E-state index contributed by atoms with van der Waals surface area (Å²) in [5.41, 5.74) is 3.09. The lowest BCUT2D eigenvalue weighted by molar-refractivity contribution is 0.772. The van der Waals surface area contributed by atoms with Gasteiger partial charge in [0, 0.05) is 36.0 Å². The standard InChI is InChI=1S/C18H16ClN5/c1-2-16-15(22-18-21-8-5-10-24(16)18)12-23-11-9-20-17(23)13-6-3-4-7-14(13)19/h3-11H,2,12H2,1H3. The van der Waals surface area contributed by atoms with E-state index in [-0.39, 0.29) is 0 Å². The van der Waals surface area contributed by atoms with Gasteiger partial charge >= 0.3 is 0 Å². The average Bonchev–Trinajstić information content (AvgIpc) is 3.19. The minimum Gasteiger partial charge on any atom is -0.325 e. The molecule has 6 heteroatoms. The number of hydrogen-bond acceptors (Lipinski definition) is 3. The second-order valence-electron chi connectivity index (χ2n) is 5.51. The van der Waals surface area contributed by atoms with Crippen molar-refractivity contribution in [1.82, 2.24) is 23.9 Å². The minimum atomic E-state index is 0.632. The van der Waals surface area contributed by atoms with E-state index >= 15 is 0 Å². The minimum absolute atomic E-state index is 0.632. The molecule has 0 radical (unpaired) electrons. The number of hydrogen-bond donors (Lipinski definition) is 0. The number of benzene rings is 1. The zero-order valence-electron chi connectivity index (χ0n) is 13.2. The Morgan fingerprint density at radius 2 is 1.92 bits per heavy atom. The van der Waals surface area contributed by atoms with Gasteiger partial charge in [0.25, 0.3) is 0 Å². The van der Waals surface area contributed by atoms with Crippen molar-refractivity contribution in [2.24, 2.45) is 0 Å². The first kappa shape index (κ1) is 14.9. The van der Waals surface area contributed by atoms with Crippen LogP contribution >= 0.6 is 11.6 Å². The van der Waals surface area contributed by atoms with Crippen LogP contribution in [-0.4, -0.2) is 23.9 Å². The molecule has 0 aliphatic heterocycles. The normalized spacial score (nSPS) is 11.2. The summed E-state index contributed by atoms with van der Waals surface area (Å²) < 4.78 is 4.11. The van der Waals surface area contributed by atoms with Crippen LogP contribution in [0.15, 0.2) is 55.1 Å². The van der Waals surface area contributed by atoms with Gasteiger partial charge in [-0.05, 0) is 24.6 Å². The summed E-state index contributed by atoms with van der Waals surface area (Å²) in [5, 5.41) is 0.692. The molecular weight excluding hydrogens is 322 g/mol. The number of aromatic nitrogens is 5. The number of rotatable bonds is 4. The van der Waals surface area contributed by atoms with Gasteiger partial charge in [-0.3, -0.25) is 4.40 Å². The Kier molecular flexibility index (Phi) is 3.78. The second kappa shape index (κ2) is 6.09. The highest BCUT2D eigenvalue weighted by Crippen LogP contribution is 2.27. The molecule has 0 saturated heterocycles. The van der Waals surface area contributed by atoms with E-state index in [0.29, 0.717) is 11.6 Å². The molecule has 4 rings (SSSR count). The maximum absolute atomic E-state index is 6.33. The fourth-order valence-corrected chi connectivity index (χ4v) is 3.19. The van der Waals surface area contributed by atoms with Crippen LogP contribution in [0, 0.1) is 0 Å². The highest BCUT2D eigenvalue weighted by atomic mass is 35.5. The van der Waals surface area contributed by atoms with Gasteiger partial charge in [0.2, 0.25) is 5.78 Å². The largest absolute Gasteiger partial charge is 0.325 e. The maximum Gasteiger partial charge on any atom is 0.234 e. The van der Waals surface area contributed by atoms with Gasteiger partial charge in [-0.25, -0.2) is 15.0 Å². The van der Waals surface area contributed by atoms with E-state index in [9.17, 15) is 0 Å². The van der Waals surface area contributed by atoms with Crippen molar-refractivity contribution in [2.45, 2.75) is 19.9 Å². The van der Waals surface area contributed by atoms with E-state index in [4.69, 9.17) is 11.6 Å². The fourth-order valence-electron chi connectivity index (χ4n) is 2.97. The highest BCUT2D eigenvalue weighted by molar-refractivity contribution is 6.33. The predicted molar refractivity (Wildman–Crippen MR) is 94.1 cm³/mol. The first-order valence-electron chi connectivity index (χ1n) is 7.84. The average molecular weight is 338 g/mol. The summed E-state index contributed by atoms with van der Waals surface area (Å²) >= 11 is 6.33. The van der Waals surface area contributed by atoms with Gasteiger partial charge in [0.1, 0.15) is 5.82 Å². The third-order valence-electron chi connectivity index (χ3n) is 4.07. The van der Waals surface area contributed by atoms with Crippen molar-refractivity contribution >= 4 is 17.4 Å². The number of aryl methyl sites for hydroxylation is 1. The highest BCUT2D eigenvalue weighted by Gasteiger charge is 2.15. The van der Waals surface area contributed by atoms with Crippen LogP contribution in [0.5, 0.6) is 0 Å². The monoisotopic (exact) mass is 337 g/mol. The Morgan fingerprint density at radius 1 is 1.04 bits per heavy atom. The van der Waals surface area contributed by atoms with Crippen molar-refractivity contribution < 1.29 is 0 Å². The smallest absolute Gasteiger partial charge is 0.234 e. The first-order chi connectivity index (χ1) is 11.8. The molecule has 0 unspecified atom stereocenters. The summed E-state index contributed by atoms with van der Waals surface area (Å²) in [5.74, 6) is 1.57. The molecule has 0 aliphatic rings. The molecule has 0 aliphatic carbocycles. The zero-order chi connectivity index (χ0) is 16.5. The molecule has 3 heterocycles. The van der Waals surface area contributed by atoms with Gasteiger partial charge in [0.15, 0.2) is 0 Å². The van der Waals surface area contributed by atoms with Crippen molar-refractivity contribution in [2.75, 3.05) is 0 Å². The Morgan fingerprint density at radius 3 is 2.75 bits per heavy atom. The summed E-state index contributed by atoms with van der Waals surface area (Å²) in [6.07, 6.45) is 8.39. The van der Waals surface area contributed by atoms with Gasteiger partial charge in [-0.2, -0.15) is 0 Å². The summed E-state index contributed by atoms with van der Waals surface area (Å²) in [6, 6.07) is 9.66. The predicted octanol–water partition coefficient (Wildman–Crippen LogP) is 3.86. The van der Waals surface area contributed by atoms with Crippen LogP contribution in [0.4, 0.5) is 0 Å². The second-order valence-corrected chi connectivity index (χ2v) is 5.91. The van der Waals surface area contributed by atoms with Crippen LogP contribution in [0.3, 0.4) is 0 Å². The molecule has 0 atom stereocenters. The van der Waals surface area contributed by atoms with Crippen LogP contribution < -0.4 is 0 Å². The Hall–Kier alpha value is -2.66. The number of fused-ring (bicyclic) bond motifs is 1. The molecule has 0 N–H and O–H groups in total. The maximum atomic E-state index is 6.33. The summed E-state index contributed by atoms with van der Waals surface area (Å²) in [7, 11) is 0. The molecule has 4 aromatic rings. The molecule has 0 spiro atoms. The van der Waals surface area contributed by atoms with Gasteiger partial charge in [-0.15, -0.1) is 0 Å². The van der Waals surface area contributed by atoms with Crippen LogP contribution in [0.1, 0.15) is 18.3 Å². The third kappa shape index (κ3) is 2.47. The molecular formula is C18H16ClN5. The van der Waals surface area contributed by atoms with Gasteiger partial charge in [0.05, 0.1) is 17.3 Å². The van der Waals surface area contributed by atoms with Crippen molar-refractivity contribution in [3.8, 4) is 11.4 Å². The quantitative estimate of drug-likeness (QED) is 0.568. The zero-order valence-corrected chi connectivity index (χ0v) is 14.0. The van der Waals surface area contributed by atoms with E-state index in [1.807, 2.05) is 47.1 Å². The fraction of sp³-hybridized carbons (Fsp3) is 0.167. The molecule has 0 amide bonds. The molecule has 5 nitrogen and oxygen atoms in total. The van der Waals surface area contributed by atoms with Crippen LogP contribution in [-0.2, 0) is 13.0 Å². The number of halogens is 1. The third-order valence-corrected chi connectivity index (χ3v) is 4.40. The lowest BCUT2D eigenvalue weighted by Gasteiger charge is -2.09. The van der Waals surface area contributed by atoms with E-state index in [1.54, 1.807) is 12.4 Å². The molecule has 120 valence electrons. The van der Waals surface area contributed by atoms with Crippen molar-refractivity contribution in [3.05, 3.63) is 71.5 Å². The SMILES string of the molecule is CCc1c(Cn2ccnc2-c2ccccc2Cl)nc2ncccn12. The number of imidazole rings is 2. The summed E-state index contributed by atoms with van der Waals surface area (Å²) in [4.78, 5) is 13.5. The van der Waals surface area contributed by atoms with Gasteiger partial charge in [-0.1, -0.05) is 30.7 Å². The van der Waals surface area contributed by atoms with E-state index in [2.05, 4.69) is 26.4 Å². The molecule has 0 fully saturated rings. The van der Waals surface area contributed by atoms with Crippen LogP contribution in [0.25, 0.3) is 17.2 Å². The topological polar surface area (TPSA) is 48.0 Å². The van der Waals surface area contributed by atoms with Crippen molar-refractivity contribution in [3.63, 3.8) is 0 Å². The molecule has 3 aromatic heterocycles. The Balaban J connectivity index is 1.78. The number of nitrogens with zero attached hydrogens (tertiary/aromatic N) is 5. The Bertz CT molecular complexity index is 1000. The molecule has 0 saturated carbocycles. The molecule has 1 aromatic carbocycles. The van der Waals surface area contributed by atoms with Crippen LogP contribution in [0.2, 0.25) is 5.02 Å². The lowest BCUT2D eigenvalue weighted by Crippen LogP contribution is -2.04. The summed E-state index contributed by atoms with van der Waals surface area (Å²) in [6.45, 7) is 2.76. The van der Waals surface area contributed by atoms with E-state index < -0.39 is 0 Å². The lowest BCUT2D eigenvalue weighted by atomic mass is 10.2. The first-order valence-corrected chi connectivity index (χ1v) is 8.22. The molecule has 0 bridgehead atoms. The Labute approximate surface area is 144 Å².